The van der Waals surface area contributed by atoms with Crippen LogP contribution in [0.4, 0.5) is 0 Å². The first-order valence-electron chi connectivity index (χ1n) is 2.24. The van der Waals surface area contributed by atoms with Crippen LogP contribution in [0.2, 0.25) is 0 Å². The van der Waals surface area contributed by atoms with E-state index in [9.17, 15) is 5.21 Å². The highest BCUT2D eigenvalue weighted by molar-refractivity contribution is 5.54. The molecule has 0 atom stereocenters. The van der Waals surface area contributed by atoms with Gasteiger partial charge >= 0.3 is 0 Å². The van der Waals surface area contributed by atoms with Crippen LogP contribution in [0.15, 0.2) is 0 Å². The molecule has 40 valence electrons. The molecule has 0 fully saturated rings. The summed E-state index contributed by atoms with van der Waals surface area (Å²) in [6.45, 7) is 1.32. The monoisotopic (exact) mass is 100 g/mol. The van der Waals surface area contributed by atoms with Gasteiger partial charge in [-0.25, -0.2) is 4.90 Å². The minimum absolute atomic E-state index is 0.528. The fraction of sp³-hybridized carbons (Fsp3) is 0.750. The third-order valence-electron chi connectivity index (χ3n) is 0.978. The molecule has 7 heavy (non-hydrogen) atoms. The first-order chi connectivity index (χ1) is 3.29. The molecule has 1 heterocycles. The summed E-state index contributed by atoms with van der Waals surface area (Å²) in [5, 5.41) is 10.3. The summed E-state index contributed by atoms with van der Waals surface area (Å²) >= 11 is 0. The number of hydrogen-bond donors (Lipinski definition) is 0. The lowest BCUT2D eigenvalue weighted by molar-refractivity contribution is -0.462. The first kappa shape index (κ1) is 4.59. The van der Waals surface area contributed by atoms with Gasteiger partial charge in [-0.15, -0.1) is 0 Å². The Labute approximate surface area is 42.4 Å². The molecule has 1 aliphatic rings. The maximum absolute atomic E-state index is 10.3. The van der Waals surface area contributed by atoms with E-state index in [-0.39, 0.29) is 0 Å². The van der Waals surface area contributed by atoms with Gasteiger partial charge in [-0.2, -0.15) is 4.74 Å². The molecule has 0 radical (unpaired) electrons. The van der Waals surface area contributed by atoms with E-state index in [2.05, 4.69) is 0 Å². The lowest BCUT2D eigenvalue weighted by Gasteiger charge is -2.00. The molecule has 0 unspecified atom stereocenters. The van der Waals surface area contributed by atoms with Crippen LogP contribution >= 0.6 is 0 Å². The van der Waals surface area contributed by atoms with Crippen LogP contribution in [0, 0.1) is 5.21 Å². The Morgan fingerprint density at radius 2 is 2.57 bits per heavy atom. The average Bonchev–Trinajstić information content (AvgIpc) is 1.87. The maximum atomic E-state index is 10.3. The summed E-state index contributed by atoms with van der Waals surface area (Å²) in [6.07, 6.45) is 1.62. The van der Waals surface area contributed by atoms with E-state index < -0.39 is 0 Å². The van der Waals surface area contributed by atoms with Gasteiger partial charge in [0.25, 0.3) is 0 Å². The number of hydrogen-bond acceptors (Lipinski definition) is 2. The average molecular weight is 100 g/mol. The van der Waals surface area contributed by atoms with Crippen molar-refractivity contribution in [1.82, 2.24) is 4.90 Å². The van der Waals surface area contributed by atoms with Crippen molar-refractivity contribution in [1.29, 1.82) is 0 Å². The van der Waals surface area contributed by atoms with Crippen LogP contribution < -0.4 is 0 Å². The van der Waals surface area contributed by atoms with E-state index in [1.165, 1.54) is 0 Å². The van der Waals surface area contributed by atoms with Gasteiger partial charge in [0.05, 0.1) is 6.54 Å². The minimum Gasteiger partial charge on any atom is -0.623 e. The second kappa shape index (κ2) is 1.50. The predicted molar refractivity (Wildman–Crippen MR) is 27.2 cm³/mol. The van der Waals surface area contributed by atoms with Crippen molar-refractivity contribution < 1.29 is 4.74 Å². The van der Waals surface area contributed by atoms with Crippen LogP contribution in [0.1, 0.15) is 0 Å². The second-order valence-electron chi connectivity index (χ2n) is 1.78. The van der Waals surface area contributed by atoms with E-state index in [1.807, 2.05) is 11.9 Å². The molecule has 0 aromatic heterocycles. The highest BCUT2D eigenvalue weighted by Crippen LogP contribution is 1.86. The Bertz CT molecular complexity index is 99.9. The van der Waals surface area contributed by atoms with E-state index in [1.54, 1.807) is 6.21 Å². The SMILES string of the molecule is CN1CC=[N+]([O-])C1. The quantitative estimate of drug-likeness (QED) is 0.302. The Kier molecular flexibility index (Phi) is 0.982. The molecular formula is C4H8N2O. The molecule has 0 amide bonds. The summed E-state index contributed by atoms with van der Waals surface area (Å²) in [5.74, 6) is 0. The van der Waals surface area contributed by atoms with Crippen LogP contribution in [0.25, 0.3) is 0 Å². The largest absolute Gasteiger partial charge is 0.623 e. The zero-order valence-corrected chi connectivity index (χ0v) is 4.29. The fourth-order valence-electron chi connectivity index (χ4n) is 0.584. The Morgan fingerprint density at radius 3 is 2.71 bits per heavy atom. The molecule has 0 aromatic carbocycles. The van der Waals surface area contributed by atoms with Gasteiger partial charge in [0.1, 0.15) is 0 Å². The normalized spacial score (nSPS) is 22.7. The van der Waals surface area contributed by atoms with Crippen LogP contribution in [-0.4, -0.2) is 36.1 Å². The standard InChI is InChI=1S/C4H8N2O/c1-5-2-3-6(7)4-5/h3H,2,4H2,1H3. The predicted octanol–water partition coefficient (Wildman–Crippen LogP) is -0.530. The van der Waals surface area contributed by atoms with Crippen molar-refractivity contribution >= 4 is 6.21 Å². The second-order valence-corrected chi connectivity index (χ2v) is 1.78. The Balaban J connectivity index is 2.42. The molecule has 0 saturated heterocycles. The summed E-state index contributed by atoms with van der Waals surface area (Å²) in [4.78, 5) is 1.94. The molecule has 0 aromatic rings. The fourth-order valence-corrected chi connectivity index (χ4v) is 0.584. The van der Waals surface area contributed by atoms with Crippen molar-refractivity contribution in [3.05, 3.63) is 5.21 Å². The van der Waals surface area contributed by atoms with Gasteiger partial charge in [0.15, 0.2) is 6.21 Å². The highest BCUT2D eigenvalue weighted by Gasteiger charge is 2.08. The Morgan fingerprint density at radius 1 is 1.86 bits per heavy atom. The van der Waals surface area contributed by atoms with Gasteiger partial charge in [-0.3, -0.25) is 0 Å². The van der Waals surface area contributed by atoms with Crippen molar-refractivity contribution in [2.45, 2.75) is 0 Å². The van der Waals surface area contributed by atoms with Gasteiger partial charge in [0.2, 0.25) is 6.67 Å². The molecular weight excluding hydrogens is 92.1 g/mol. The van der Waals surface area contributed by atoms with E-state index in [4.69, 9.17) is 0 Å². The van der Waals surface area contributed by atoms with Crippen LogP contribution in [0.5, 0.6) is 0 Å². The number of rotatable bonds is 0. The third kappa shape index (κ3) is 0.899. The van der Waals surface area contributed by atoms with Crippen LogP contribution in [0.3, 0.4) is 0 Å². The molecule has 0 saturated carbocycles. The van der Waals surface area contributed by atoms with Gasteiger partial charge in [-0.1, -0.05) is 0 Å². The van der Waals surface area contributed by atoms with Crippen molar-refractivity contribution in [2.75, 3.05) is 20.3 Å². The smallest absolute Gasteiger partial charge is 0.209 e. The molecule has 0 aliphatic carbocycles. The van der Waals surface area contributed by atoms with E-state index in [0.717, 1.165) is 11.3 Å². The summed E-state index contributed by atoms with van der Waals surface area (Å²) in [7, 11) is 1.91. The molecule has 0 bridgehead atoms. The molecule has 0 spiro atoms. The van der Waals surface area contributed by atoms with Crippen molar-refractivity contribution in [3.8, 4) is 0 Å². The summed E-state index contributed by atoms with van der Waals surface area (Å²) < 4.78 is 0.931. The topological polar surface area (TPSA) is 29.3 Å². The van der Waals surface area contributed by atoms with E-state index in [0.29, 0.717) is 6.67 Å². The molecule has 3 nitrogen and oxygen atoms in total. The maximum Gasteiger partial charge on any atom is 0.209 e. The van der Waals surface area contributed by atoms with Crippen molar-refractivity contribution in [2.24, 2.45) is 0 Å². The lowest BCUT2D eigenvalue weighted by atomic mass is 10.7. The van der Waals surface area contributed by atoms with Crippen molar-refractivity contribution in [3.63, 3.8) is 0 Å². The lowest BCUT2D eigenvalue weighted by Crippen LogP contribution is -2.16. The summed E-state index contributed by atoms with van der Waals surface area (Å²) in [5.41, 5.74) is 0. The molecule has 3 heteroatoms. The zero-order valence-electron chi connectivity index (χ0n) is 4.29. The summed E-state index contributed by atoms with van der Waals surface area (Å²) in [6, 6.07) is 0. The minimum atomic E-state index is 0.528. The zero-order chi connectivity index (χ0) is 5.28. The van der Waals surface area contributed by atoms with Gasteiger partial charge in [-0.05, 0) is 7.05 Å². The third-order valence-corrected chi connectivity index (χ3v) is 0.978. The van der Waals surface area contributed by atoms with Crippen LogP contribution in [-0.2, 0) is 0 Å². The van der Waals surface area contributed by atoms with Gasteiger partial charge in [0, 0.05) is 0 Å². The highest BCUT2D eigenvalue weighted by atomic mass is 16.5. The van der Waals surface area contributed by atoms with Gasteiger partial charge < -0.3 is 5.21 Å². The molecule has 0 N–H and O–H groups in total. The number of hydroxylamine groups is 1. The Hall–Kier alpha value is -0.570. The van der Waals surface area contributed by atoms with E-state index >= 15 is 0 Å². The molecule has 1 rings (SSSR count). The number of nitrogens with zero attached hydrogens (tertiary/aromatic N) is 2. The first-order valence-corrected chi connectivity index (χ1v) is 2.24. The molecule has 1 aliphatic heterocycles.